The van der Waals surface area contributed by atoms with Gasteiger partial charge in [0.15, 0.2) is 0 Å². The van der Waals surface area contributed by atoms with E-state index in [0.717, 1.165) is 5.56 Å². The maximum Gasteiger partial charge on any atom is 0.419 e. The zero-order chi connectivity index (χ0) is 18.2. The average molecular weight is 360 g/mol. The minimum Gasteiger partial charge on any atom is -0.372 e. The molecule has 0 atom stereocenters. The van der Waals surface area contributed by atoms with Gasteiger partial charge in [-0.15, -0.1) is 0 Å². The third-order valence-corrected chi connectivity index (χ3v) is 5.15. The molecular weight excluding hydrogens is 344 g/mol. The van der Waals surface area contributed by atoms with E-state index in [0.29, 0.717) is 11.6 Å². The molecule has 0 spiro atoms. The highest BCUT2D eigenvalue weighted by molar-refractivity contribution is 7.92. The Morgan fingerprint density at radius 3 is 2.36 bits per heavy atom. The van der Waals surface area contributed by atoms with Gasteiger partial charge in [-0.05, 0) is 41.8 Å². The summed E-state index contributed by atoms with van der Waals surface area (Å²) in [5.74, 6) is -0.552. The molecule has 2 aromatic carbocycles. The highest BCUT2D eigenvalue weighted by Gasteiger charge is 2.16. The molecule has 25 heavy (non-hydrogen) atoms. The van der Waals surface area contributed by atoms with Gasteiger partial charge >= 0.3 is 11.4 Å². The predicted octanol–water partition coefficient (Wildman–Crippen LogP) is 2.41. The summed E-state index contributed by atoms with van der Waals surface area (Å²) < 4.78 is 31.9. The number of hydrogen-bond donors (Lipinski definition) is 2. The molecule has 2 N–H and O–H groups in total. The molecule has 0 saturated carbocycles. The van der Waals surface area contributed by atoms with Gasteiger partial charge in [-0.1, -0.05) is 26.0 Å². The van der Waals surface area contributed by atoms with E-state index in [1.165, 1.54) is 18.2 Å². The molecule has 0 aliphatic heterocycles. The van der Waals surface area contributed by atoms with Crippen LogP contribution in [0, 0.1) is 0 Å². The molecule has 0 aliphatic carbocycles. The lowest BCUT2D eigenvalue weighted by molar-refractivity contribution is 0.460. The van der Waals surface area contributed by atoms with Gasteiger partial charge in [0.05, 0.1) is 15.8 Å². The second kappa shape index (κ2) is 6.21. The van der Waals surface area contributed by atoms with E-state index in [-0.39, 0.29) is 15.8 Å². The van der Waals surface area contributed by atoms with E-state index < -0.39 is 21.4 Å². The van der Waals surface area contributed by atoms with E-state index in [9.17, 15) is 18.0 Å². The van der Waals surface area contributed by atoms with E-state index in [2.05, 4.69) is 14.1 Å². The van der Waals surface area contributed by atoms with Gasteiger partial charge < -0.3 is 4.42 Å². The summed E-state index contributed by atoms with van der Waals surface area (Å²) >= 11 is 0. The highest BCUT2D eigenvalue weighted by atomic mass is 32.2. The summed E-state index contributed by atoms with van der Waals surface area (Å²) in [6.07, 6.45) is 0. The van der Waals surface area contributed by atoms with Gasteiger partial charge in [0.2, 0.25) is 0 Å². The molecule has 7 nitrogen and oxygen atoms in total. The van der Waals surface area contributed by atoms with Gasteiger partial charge in [0, 0.05) is 5.69 Å². The van der Waals surface area contributed by atoms with Crippen molar-refractivity contribution in [3.8, 4) is 0 Å². The normalized spacial score (nSPS) is 11.8. The summed E-state index contributed by atoms with van der Waals surface area (Å²) in [6.45, 7) is 4.09. The van der Waals surface area contributed by atoms with Crippen LogP contribution in [0.1, 0.15) is 25.3 Å². The van der Waals surface area contributed by atoms with Crippen LogP contribution in [0.4, 0.5) is 5.69 Å². The first kappa shape index (κ1) is 17.0. The Bertz CT molecular complexity index is 1140. The molecule has 0 unspecified atom stereocenters. The van der Waals surface area contributed by atoms with Crippen molar-refractivity contribution in [2.45, 2.75) is 24.7 Å². The van der Waals surface area contributed by atoms with Crippen molar-refractivity contribution in [2.24, 2.45) is 0 Å². The van der Waals surface area contributed by atoms with Crippen LogP contribution in [0.15, 0.2) is 61.4 Å². The molecule has 3 rings (SSSR count). The summed E-state index contributed by atoms with van der Waals surface area (Å²) in [4.78, 5) is 25.1. The average Bonchev–Trinajstić information content (AvgIpc) is 2.54. The number of rotatable bonds is 4. The SMILES string of the molecule is CC(C)c1ccc(NS(=O)(=O)c2ccc3[nH]c(=O)oc(=O)c3c2)cc1. The third-order valence-electron chi connectivity index (χ3n) is 3.77. The summed E-state index contributed by atoms with van der Waals surface area (Å²) in [7, 11) is -3.89. The van der Waals surface area contributed by atoms with Crippen LogP contribution in [-0.4, -0.2) is 13.4 Å². The van der Waals surface area contributed by atoms with E-state index in [4.69, 9.17) is 0 Å². The number of H-pyrrole nitrogens is 1. The lowest BCUT2D eigenvalue weighted by Crippen LogP contribution is -2.16. The van der Waals surface area contributed by atoms with Gasteiger partial charge in [-0.3, -0.25) is 9.71 Å². The summed E-state index contributed by atoms with van der Waals surface area (Å²) in [6, 6.07) is 10.9. The van der Waals surface area contributed by atoms with Crippen LogP contribution in [0.3, 0.4) is 0 Å². The molecule has 0 fully saturated rings. The highest BCUT2D eigenvalue weighted by Crippen LogP contribution is 2.21. The lowest BCUT2D eigenvalue weighted by atomic mass is 10.0. The van der Waals surface area contributed by atoms with Crippen molar-refractivity contribution in [1.29, 1.82) is 0 Å². The monoisotopic (exact) mass is 360 g/mol. The predicted molar refractivity (Wildman–Crippen MR) is 94.4 cm³/mol. The van der Waals surface area contributed by atoms with Crippen LogP contribution < -0.4 is 16.1 Å². The maximum atomic E-state index is 12.5. The molecule has 1 aromatic heterocycles. The standard InChI is InChI=1S/C17H16N2O5S/c1-10(2)11-3-5-12(6-4-11)19-25(22,23)13-7-8-15-14(9-13)16(20)24-17(21)18-15/h3-10,19H,1-2H3,(H,18,21). The van der Waals surface area contributed by atoms with Gasteiger partial charge in [0.25, 0.3) is 10.0 Å². The van der Waals surface area contributed by atoms with Crippen LogP contribution in [-0.2, 0) is 10.0 Å². The smallest absolute Gasteiger partial charge is 0.372 e. The zero-order valence-corrected chi connectivity index (χ0v) is 14.4. The molecule has 0 radical (unpaired) electrons. The van der Waals surface area contributed by atoms with Crippen molar-refractivity contribution in [1.82, 2.24) is 4.98 Å². The summed E-state index contributed by atoms with van der Waals surface area (Å²) in [5.41, 5.74) is 0.826. The number of benzene rings is 2. The molecular formula is C17H16N2O5S. The van der Waals surface area contributed by atoms with E-state index in [1.807, 2.05) is 26.0 Å². The number of aromatic nitrogens is 1. The minimum atomic E-state index is -3.89. The third kappa shape index (κ3) is 3.48. The fourth-order valence-electron chi connectivity index (χ4n) is 2.39. The number of anilines is 1. The quantitative estimate of drug-likeness (QED) is 0.742. The molecule has 130 valence electrons. The second-order valence-corrected chi connectivity index (χ2v) is 7.57. The number of aromatic amines is 1. The van der Waals surface area contributed by atoms with Crippen LogP contribution in [0.2, 0.25) is 0 Å². The fourth-order valence-corrected chi connectivity index (χ4v) is 3.48. The maximum absolute atomic E-state index is 12.5. The number of sulfonamides is 1. The number of fused-ring (bicyclic) bond motifs is 1. The Labute approximate surface area is 143 Å². The van der Waals surface area contributed by atoms with E-state index in [1.54, 1.807) is 12.1 Å². The van der Waals surface area contributed by atoms with Gasteiger partial charge in [-0.25, -0.2) is 18.0 Å². The van der Waals surface area contributed by atoms with Crippen molar-refractivity contribution in [3.05, 3.63) is 69.0 Å². The molecule has 3 aromatic rings. The van der Waals surface area contributed by atoms with Crippen molar-refractivity contribution in [3.63, 3.8) is 0 Å². The first-order chi connectivity index (χ1) is 11.8. The first-order valence-corrected chi connectivity index (χ1v) is 9.04. The van der Waals surface area contributed by atoms with Crippen LogP contribution >= 0.6 is 0 Å². The van der Waals surface area contributed by atoms with Gasteiger partial charge in [-0.2, -0.15) is 0 Å². The fraction of sp³-hybridized carbons (Fsp3) is 0.176. The first-order valence-electron chi connectivity index (χ1n) is 7.56. The molecule has 0 aliphatic rings. The number of nitrogens with one attached hydrogen (secondary N) is 2. The van der Waals surface area contributed by atoms with Crippen molar-refractivity contribution < 1.29 is 12.8 Å². The Morgan fingerprint density at radius 2 is 1.72 bits per heavy atom. The molecule has 1 heterocycles. The topological polar surface area (TPSA) is 109 Å². The molecule has 0 bridgehead atoms. The van der Waals surface area contributed by atoms with Crippen molar-refractivity contribution >= 4 is 26.6 Å². The Kier molecular flexibility index (Phi) is 4.22. The second-order valence-electron chi connectivity index (χ2n) is 5.89. The Hall–Kier alpha value is -2.87. The lowest BCUT2D eigenvalue weighted by Gasteiger charge is -2.10. The molecule has 8 heteroatoms. The van der Waals surface area contributed by atoms with Crippen molar-refractivity contribution in [2.75, 3.05) is 4.72 Å². The molecule has 0 amide bonds. The largest absolute Gasteiger partial charge is 0.419 e. The Morgan fingerprint density at radius 1 is 1.04 bits per heavy atom. The van der Waals surface area contributed by atoms with E-state index >= 15 is 0 Å². The Balaban J connectivity index is 1.98. The summed E-state index contributed by atoms with van der Waals surface area (Å²) in [5, 5.41) is -0.0161. The minimum absolute atomic E-state index is 0.0161. The van der Waals surface area contributed by atoms with Crippen LogP contribution in [0.5, 0.6) is 0 Å². The zero-order valence-electron chi connectivity index (χ0n) is 13.6. The van der Waals surface area contributed by atoms with Gasteiger partial charge in [0.1, 0.15) is 0 Å². The van der Waals surface area contributed by atoms with Crippen LogP contribution in [0.25, 0.3) is 10.9 Å². The molecule has 0 saturated heterocycles. The number of hydrogen-bond acceptors (Lipinski definition) is 5.